The number of nitrogens with one attached hydrogen (secondary N) is 1. The van der Waals surface area contributed by atoms with E-state index in [-0.39, 0.29) is 18.6 Å². The number of aliphatic hydroxyl groups excluding tert-OH is 1. The Morgan fingerprint density at radius 1 is 1.43 bits per heavy atom. The Kier molecular flexibility index (Phi) is 8.65. The number of hydrogen-bond acceptors (Lipinski definition) is 3. The zero-order valence-corrected chi connectivity index (χ0v) is 13.5. The number of aliphatic hydroxyl groups is 1. The third-order valence-electron chi connectivity index (χ3n) is 2.91. The Labute approximate surface area is 131 Å². The molecule has 0 spiro atoms. The van der Waals surface area contributed by atoms with Crippen molar-refractivity contribution in [2.24, 2.45) is 0 Å². The first-order chi connectivity index (χ1) is 10.2. The molecule has 0 aliphatic carbocycles. The van der Waals surface area contributed by atoms with Crippen LogP contribution in [0, 0.1) is 11.8 Å². The molecular weight excluding hydrogens is 282 g/mol. The van der Waals surface area contributed by atoms with Gasteiger partial charge in [-0.25, -0.2) is 0 Å². The molecule has 1 aromatic rings. The smallest absolute Gasteiger partial charge is 0.252 e. The molecule has 0 saturated heterocycles. The fourth-order valence-corrected chi connectivity index (χ4v) is 2.59. The van der Waals surface area contributed by atoms with Gasteiger partial charge in [-0.1, -0.05) is 30.9 Å². The molecule has 0 saturated carbocycles. The standard InChI is InChI=1S/C17H23NO2S/c1-3-21-13-11-14(2)18-17(20)16-10-5-4-8-15(16)9-6-7-12-19/h4-5,8,10,14,19H,3,7,11-13H2,1-2H3,(H,18,20). The van der Waals surface area contributed by atoms with Gasteiger partial charge in [-0.3, -0.25) is 4.79 Å². The topological polar surface area (TPSA) is 49.3 Å². The average molecular weight is 305 g/mol. The Morgan fingerprint density at radius 2 is 2.19 bits per heavy atom. The van der Waals surface area contributed by atoms with Crippen molar-refractivity contribution in [1.82, 2.24) is 5.32 Å². The Balaban J connectivity index is 2.67. The molecule has 21 heavy (non-hydrogen) atoms. The summed E-state index contributed by atoms with van der Waals surface area (Å²) in [4.78, 5) is 12.3. The summed E-state index contributed by atoms with van der Waals surface area (Å²) in [6.07, 6.45) is 1.38. The predicted octanol–water partition coefficient (Wildman–Crippen LogP) is 2.68. The first-order valence-electron chi connectivity index (χ1n) is 7.26. The molecule has 3 nitrogen and oxygen atoms in total. The van der Waals surface area contributed by atoms with E-state index < -0.39 is 0 Å². The number of hydrogen-bond donors (Lipinski definition) is 2. The van der Waals surface area contributed by atoms with Gasteiger partial charge in [0.15, 0.2) is 0 Å². The van der Waals surface area contributed by atoms with E-state index in [1.54, 1.807) is 6.07 Å². The van der Waals surface area contributed by atoms with E-state index >= 15 is 0 Å². The predicted molar refractivity (Wildman–Crippen MR) is 89.6 cm³/mol. The number of amides is 1. The summed E-state index contributed by atoms with van der Waals surface area (Å²) in [6.45, 7) is 4.19. The summed E-state index contributed by atoms with van der Waals surface area (Å²) in [7, 11) is 0. The van der Waals surface area contributed by atoms with Crippen LogP contribution in [-0.2, 0) is 0 Å². The van der Waals surface area contributed by atoms with Gasteiger partial charge in [0.05, 0.1) is 12.2 Å². The molecular formula is C17H23NO2S. The molecule has 0 fully saturated rings. The van der Waals surface area contributed by atoms with Gasteiger partial charge in [0.25, 0.3) is 5.91 Å². The summed E-state index contributed by atoms with van der Waals surface area (Å²) in [6, 6.07) is 7.46. The number of carbonyl (C=O) groups excluding carboxylic acids is 1. The van der Waals surface area contributed by atoms with Gasteiger partial charge in [-0.05, 0) is 37.0 Å². The molecule has 114 valence electrons. The zero-order valence-electron chi connectivity index (χ0n) is 12.7. The summed E-state index contributed by atoms with van der Waals surface area (Å²) in [5.41, 5.74) is 1.30. The minimum absolute atomic E-state index is 0.0352. The lowest BCUT2D eigenvalue weighted by molar-refractivity contribution is 0.0939. The van der Waals surface area contributed by atoms with Crippen molar-refractivity contribution in [2.45, 2.75) is 32.7 Å². The van der Waals surface area contributed by atoms with Crippen molar-refractivity contribution in [3.8, 4) is 11.8 Å². The molecule has 4 heteroatoms. The summed E-state index contributed by atoms with van der Waals surface area (Å²) < 4.78 is 0. The van der Waals surface area contributed by atoms with Crippen molar-refractivity contribution in [3.63, 3.8) is 0 Å². The van der Waals surface area contributed by atoms with Gasteiger partial charge in [-0.15, -0.1) is 0 Å². The molecule has 0 aliphatic heterocycles. The minimum atomic E-state index is -0.0853. The zero-order chi connectivity index (χ0) is 15.5. The largest absolute Gasteiger partial charge is 0.395 e. The van der Waals surface area contributed by atoms with Crippen LogP contribution in [0.3, 0.4) is 0 Å². The maximum absolute atomic E-state index is 12.3. The highest BCUT2D eigenvalue weighted by Crippen LogP contribution is 2.09. The second-order valence-corrected chi connectivity index (χ2v) is 6.07. The summed E-state index contributed by atoms with van der Waals surface area (Å²) in [5.74, 6) is 7.87. The number of benzene rings is 1. The maximum Gasteiger partial charge on any atom is 0.252 e. The second kappa shape index (κ2) is 10.3. The molecule has 0 aliphatic rings. The van der Waals surface area contributed by atoms with Gasteiger partial charge < -0.3 is 10.4 Å². The van der Waals surface area contributed by atoms with E-state index in [2.05, 4.69) is 24.1 Å². The Morgan fingerprint density at radius 3 is 2.90 bits per heavy atom. The van der Waals surface area contributed by atoms with Crippen molar-refractivity contribution in [1.29, 1.82) is 0 Å². The summed E-state index contributed by atoms with van der Waals surface area (Å²) >= 11 is 1.88. The number of rotatable bonds is 7. The third-order valence-corrected chi connectivity index (χ3v) is 3.84. The highest BCUT2D eigenvalue weighted by molar-refractivity contribution is 7.99. The molecule has 0 radical (unpaired) electrons. The van der Waals surface area contributed by atoms with Gasteiger partial charge in [-0.2, -0.15) is 11.8 Å². The lowest BCUT2D eigenvalue weighted by atomic mass is 10.1. The van der Waals surface area contributed by atoms with Crippen LogP contribution in [0.1, 0.15) is 42.6 Å². The van der Waals surface area contributed by atoms with E-state index in [4.69, 9.17) is 5.11 Å². The molecule has 2 N–H and O–H groups in total. The lowest BCUT2D eigenvalue weighted by Gasteiger charge is -2.14. The Bertz CT molecular complexity index is 505. The van der Waals surface area contributed by atoms with Gasteiger partial charge >= 0.3 is 0 Å². The van der Waals surface area contributed by atoms with Crippen LogP contribution < -0.4 is 5.32 Å². The fourth-order valence-electron chi connectivity index (χ4n) is 1.78. The highest BCUT2D eigenvalue weighted by Gasteiger charge is 2.12. The quantitative estimate of drug-likeness (QED) is 0.601. The molecule has 1 atom stereocenters. The van der Waals surface area contributed by atoms with Crippen molar-refractivity contribution >= 4 is 17.7 Å². The molecule has 0 heterocycles. The maximum atomic E-state index is 12.3. The average Bonchev–Trinajstić information content (AvgIpc) is 2.48. The summed E-state index contributed by atoms with van der Waals surface area (Å²) in [5, 5.41) is 11.8. The van der Waals surface area contributed by atoms with Crippen LogP contribution >= 0.6 is 11.8 Å². The van der Waals surface area contributed by atoms with Crippen LogP contribution in [-0.4, -0.2) is 35.2 Å². The van der Waals surface area contributed by atoms with Gasteiger partial charge in [0, 0.05) is 18.0 Å². The van der Waals surface area contributed by atoms with Crippen LogP contribution in [0.4, 0.5) is 0 Å². The van der Waals surface area contributed by atoms with Crippen LogP contribution in [0.15, 0.2) is 24.3 Å². The fraction of sp³-hybridized carbons (Fsp3) is 0.471. The molecule has 1 unspecified atom stereocenters. The minimum Gasteiger partial charge on any atom is -0.395 e. The molecule has 0 bridgehead atoms. The van der Waals surface area contributed by atoms with E-state index in [0.29, 0.717) is 17.5 Å². The first-order valence-corrected chi connectivity index (χ1v) is 8.41. The number of carbonyl (C=O) groups is 1. The molecule has 1 amide bonds. The van der Waals surface area contributed by atoms with Crippen LogP contribution in [0.2, 0.25) is 0 Å². The lowest BCUT2D eigenvalue weighted by Crippen LogP contribution is -2.33. The molecule has 1 rings (SSSR count). The van der Waals surface area contributed by atoms with Crippen LogP contribution in [0.5, 0.6) is 0 Å². The van der Waals surface area contributed by atoms with E-state index in [1.165, 1.54) is 0 Å². The molecule has 0 aromatic heterocycles. The second-order valence-electron chi connectivity index (χ2n) is 4.68. The number of thioether (sulfide) groups is 1. The van der Waals surface area contributed by atoms with E-state index in [1.807, 2.05) is 36.9 Å². The van der Waals surface area contributed by atoms with E-state index in [9.17, 15) is 4.79 Å². The first kappa shape index (κ1) is 17.6. The van der Waals surface area contributed by atoms with Crippen molar-refractivity contribution in [2.75, 3.05) is 18.1 Å². The van der Waals surface area contributed by atoms with Gasteiger partial charge in [0.2, 0.25) is 0 Å². The third kappa shape index (κ3) is 6.70. The SMILES string of the molecule is CCSCCC(C)NC(=O)c1ccccc1C#CCCO. The van der Waals surface area contributed by atoms with Crippen molar-refractivity contribution < 1.29 is 9.90 Å². The van der Waals surface area contributed by atoms with Crippen LogP contribution in [0.25, 0.3) is 0 Å². The highest BCUT2D eigenvalue weighted by atomic mass is 32.2. The normalized spacial score (nSPS) is 11.4. The van der Waals surface area contributed by atoms with Crippen molar-refractivity contribution in [3.05, 3.63) is 35.4 Å². The molecule has 1 aromatic carbocycles. The van der Waals surface area contributed by atoms with E-state index in [0.717, 1.165) is 17.9 Å². The van der Waals surface area contributed by atoms with Gasteiger partial charge in [0.1, 0.15) is 0 Å². The Hall–Kier alpha value is -1.44. The monoisotopic (exact) mass is 305 g/mol.